The predicted molar refractivity (Wildman–Crippen MR) is 63.5 cm³/mol. The van der Waals surface area contributed by atoms with Crippen LogP contribution in [0.1, 0.15) is 18.1 Å². The Morgan fingerprint density at radius 3 is 2.67 bits per heavy atom. The molecule has 1 aromatic carbocycles. The number of benzene rings is 1. The zero-order valence-corrected chi connectivity index (χ0v) is 10.1. The number of carboxylic acids is 1. The molecule has 1 atom stereocenters. The molecule has 0 aliphatic carbocycles. The van der Waals surface area contributed by atoms with Gasteiger partial charge in [-0.3, -0.25) is 4.79 Å². The molecular formula is C12H16O2S. The monoisotopic (exact) mass is 224 g/mol. The van der Waals surface area contributed by atoms with E-state index in [0.29, 0.717) is 6.42 Å². The molecule has 1 rings (SSSR count). The maximum atomic E-state index is 10.7. The normalized spacial score (nSPS) is 12.5. The number of thioether (sulfide) groups is 1. The number of rotatable bonds is 4. The van der Waals surface area contributed by atoms with E-state index in [9.17, 15) is 4.79 Å². The van der Waals surface area contributed by atoms with Crippen LogP contribution in [0.25, 0.3) is 0 Å². The molecule has 0 heterocycles. The number of aryl methyl sites for hydroxylation is 1. The molecule has 1 aromatic rings. The summed E-state index contributed by atoms with van der Waals surface area (Å²) in [6.45, 7) is 3.77. The lowest BCUT2D eigenvalue weighted by molar-refractivity contribution is -0.141. The fourth-order valence-electron chi connectivity index (χ4n) is 1.44. The second kappa shape index (κ2) is 5.21. The molecule has 3 heteroatoms. The molecule has 0 saturated carbocycles. The molecule has 0 spiro atoms. The Morgan fingerprint density at radius 2 is 2.20 bits per heavy atom. The Balaban J connectivity index is 2.82. The summed E-state index contributed by atoms with van der Waals surface area (Å²) in [5.74, 6) is -1.05. The third-order valence-corrected chi connectivity index (χ3v) is 3.22. The summed E-state index contributed by atoms with van der Waals surface area (Å²) in [5.41, 5.74) is 2.30. The van der Waals surface area contributed by atoms with Gasteiger partial charge in [-0.2, -0.15) is 0 Å². The van der Waals surface area contributed by atoms with Gasteiger partial charge in [-0.05, 0) is 42.9 Å². The molecule has 0 aliphatic rings. The van der Waals surface area contributed by atoms with Crippen LogP contribution in [-0.2, 0) is 11.2 Å². The van der Waals surface area contributed by atoms with Crippen molar-refractivity contribution < 1.29 is 9.90 Å². The van der Waals surface area contributed by atoms with E-state index in [2.05, 4.69) is 6.07 Å². The summed E-state index contributed by atoms with van der Waals surface area (Å²) in [6, 6.07) is 6.18. The second-order valence-corrected chi connectivity index (χ2v) is 4.62. The molecule has 15 heavy (non-hydrogen) atoms. The van der Waals surface area contributed by atoms with Crippen LogP contribution in [0.3, 0.4) is 0 Å². The van der Waals surface area contributed by atoms with Crippen molar-refractivity contribution in [3.63, 3.8) is 0 Å². The van der Waals surface area contributed by atoms with E-state index in [1.807, 2.05) is 25.3 Å². The van der Waals surface area contributed by atoms with Gasteiger partial charge in [0, 0.05) is 4.90 Å². The molecule has 2 nitrogen and oxygen atoms in total. The number of carbonyl (C=O) groups is 1. The minimum absolute atomic E-state index is 0.316. The van der Waals surface area contributed by atoms with Gasteiger partial charge in [0.15, 0.2) is 0 Å². The minimum atomic E-state index is -0.733. The first kappa shape index (κ1) is 12.1. The molecule has 0 radical (unpaired) electrons. The van der Waals surface area contributed by atoms with Crippen LogP contribution in [0.15, 0.2) is 23.1 Å². The number of carboxylic acid groups (broad SMARTS) is 1. The van der Waals surface area contributed by atoms with Crippen LogP contribution < -0.4 is 0 Å². The summed E-state index contributed by atoms with van der Waals surface area (Å²) < 4.78 is 0. The highest BCUT2D eigenvalue weighted by atomic mass is 32.2. The van der Waals surface area contributed by atoms with Crippen molar-refractivity contribution in [2.24, 2.45) is 5.92 Å². The number of hydrogen-bond acceptors (Lipinski definition) is 2. The molecule has 82 valence electrons. The van der Waals surface area contributed by atoms with Crippen molar-refractivity contribution in [1.29, 1.82) is 0 Å². The summed E-state index contributed by atoms with van der Waals surface area (Å²) in [5, 5.41) is 8.83. The number of aliphatic carboxylic acids is 1. The Kier molecular flexibility index (Phi) is 4.21. The molecule has 0 aromatic heterocycles. The maximum absolute atomic E-state index is 10.7. The lowest BCUT2D eigenvalue weighted by atomic mass is 9.98. The van der Waals surface area contributed by atoms with Gasteiger partial charge in [-0.15, -0.1) is 11.8 Å². The molecule has 0 amide bonds. The van der Waals surface area contributed by atoms with E-state index in [1.54, 1.807) is 18.7 Å². The SMILES string of the molecule is CSc1ccc(CC(C)C(=O)O)c(C)c1. The predicted octanol–water partition coefficient (Wildman–Crippen LogP) is 2.98. The molecule has 0 aliphatic heterocycles. The summed E-state index contributed by atoms with van der Waals surface area (Å²) in [4.78, 5) is 12.0. The average molecular weight is 224 g/mol. The fourth-order valence-corrected chi connectivity index (χ4v) is 1.94. The van der Waals surface area contributed by atoms with Crippen LogP contribution in [0, 0.1) is 12.8 Å². The lowest BCUT2D eigenvalue weighted by Crippen LogP contribution is -2.12. The maximum Gasteiger partial charge on any atom is 0.306 e. The lowest BCUT2D eigenvalue weighted by Gasteiger charge is -2.10. The van der Waals surface area contributed by atoms with E-state index in [4.69, 9.17) is 5.11 Å². The van der Waals surface area contributed by atoms with Gasteiger partial charge >= 0.3 is 5.97 Å². The first-order valence-electron chi connectivity index (χ1n) is 4.91. The van der Waals surface area contributed by atoms with E-state index in [-0.39, 0.29) is 5.92 Å². The first-order valence-corrected chi connectivity index (χ1v) is 6.13. The Hall–Kier alpha value is -0.960. The van der Waals surface area contributed by atoms with E-state index in [1.165, 1.54) is 10.5 Å². The minimum Gasteiger partial charge on any atom is -0.481 e. The molecule has 1 unspecified atom stereocenters. The van der Waals surface area contributed by atoms with E-state index in [0.717, 1.165) is 5.56 Å². The molecule has 1 N–H and O–H groups in total. The molecule has 0 fully saturated rings. The average Bonchev–Trinajstić information content (AvgIpc) is 2.20. The Labute approximate surface area is 94.7 Å². The van der Waals surface area contributed by atoms with Crippen LogP contribution in [0.5, 0.6) is 0 Å². The van der Waals surface area contributed by atoms with Crippen molar-refractivity contribution in [1.82, 2.24) is 0 Å². The molecule has 0 saturated heterocycles. The third-order valence-electron chi connectivity index (χ3n) is 2.50. The van der Waals surface area contributed by atoms with Crippen LogP contribution >= 0.6 is 11.8 Å². The van der Waals surface area contributed by atoms with Crippen molar-refractivity contribution in [3.05, 3.63) is 29.3 Å². The third kappa shape index (κ3) is 3.27. The van der Waals surface area contributed by atoms with Crippen molar-refractivity contribution >= 4 is 17.7 Å². The van der Waals surface area contributed by atoms with Gasteiger partial charge in [0.25, 0.3) is 0 Å². The zero-order chi connectivity index (χ0) is 11.4. The fraction of sp³-hybridized carbons (Fsp3) is 0.417. The summed E-state index contributed by atoms with van der Waals surface area (Å²) in [7, 11) is 0. The molecular weight excluding hydrogens is 208 g/mol. The highest BCUT2D eigenvalue weighted by Crippen LogP contribution is 2.20. The number of hydrogen-bond donors (Lipinski definition) is 1. The van der Waals surface area contributed by atoms with Crippen LogP contribution in [-0.4, -0.2) is 17.3 Å². The largest absolute Gasteiger partial charge is 0.481 e. The van der Waals surface area contributed by atoms with Gasteiger partial charge in [0.2, 0.25) is 0 Å². The summed E-state index contributed by atoms with van der Waals surface area (Å²) in [6.07, 6.45) is 2.64. The molecule has 0 bridgehead atoms. The van der Waals surface area contributed by atoms with Gasteiger partial charge < -0.3 is 5.11 Å². The van der Waals surface area contributed by atoms with Crippen molar-refractivity contribution in [3.8, 4) is 0 Å². The van der Waals surface area contributed by atoms with Crippen molar-refractivity contribution in [2.45, 2.75) is 25.2 Å². The van der Waals surface area contributed by atoms with Gasteiger partial charge in [0.1, 0.15) is 0 Å². The highest BCUT2D eigenvalue weighted by molar-refractivity contribution is 7.98. The van der Waals surface area contributed by atoms with Gasteiger partial charge in [-0.1, -0.05) is 13.0 Å². The van der Waals surface area contributed by atoms with E-state index < -0.39 is 5.97 Å². The standard InChI is InChI=1S/C12H16O2S/c1-8-7-11(15-3)5-4-10(8)6-9(2)12(13)14/h4-5,7,9H,6H2,1-3H3,(H,13,14). The first-order chi connectivity index (χ1) is 7.04. The van der Waals surface area contributed by atoms with Crippen LogP contribution in [0.4, 0.5) is 0 Å². The topological polar surface area (TPSA) is 37.3 Å². The van der Waals surface area contributed by atoms with Crippen LogP contribution in [0.2, 0.25) is 0 Å². The second-order valence-electron chi connectivity index (χ2n) is 3.74. The quantitative estimate of drug-likeness (QED) is 0.799. The van der Waals surface area contributed by atoms with Gasteiger partial charge in [0.05, 0.1) is 5.92 Å². The van der Waals surface area contributed by atoms with Crippen molar-refractivity contribution in [2.75, 3.05) is 6.26 Å². The Morgan fingerprint density at radius 1 is 1.53 bits per heavy atom. The van der Waals surface area contributed by atoms with Gasteiger partial charge in [-0.25, -0.2) is 0 Å². The van der Waals surface area contributed by atoms with E-state index >= 15 is 0 Å². The smallest absolute Gasteiger partial charge is 0.306 e. The highest BCUT2D eigenvalue weighted by Gasteiger charge is 2.12. The zero-order valence-electron chi connectivity index (χ0n) is 9.28. The summed E-state index contributed by atoms with van der Waals surface area (Å²) >= 11 is 1.70. The Bertz CT molecular complexity index is 361.